The maximum Gasteiger partial charge on any atom is 0.0851 e. The topological polar surface area (TPSA) is 60.5 Å². The van der Waals surface area contributed by atoms with Gasteiger partial charge in [-0.3, -0.25) is 4.98 Å². The fourth-order valence-electron chi connectivity index (χ4n) is 0.881. The van der Waals surface area contributed by atoms with Gasteiger partial charge in [-0.1, -0.05) is 6.07 Å². The van der Waals surface area contributed by atoms with Gasteiger partial charge in [-0.25, -0.2) is 0 Å². The van der Waals surface area contributed by atoms with Crippen molar-refractivity contribution in [1.29, 1.82) is 10.7 Å². The van der Waals surface area contributed by atoms with Crippen molar-refractivity contribution in [3.8, 4) is 6.07 Å². The van der Waals surface area contributed by atoms with Gasteiger partial charge in [0.25, 0.3) is 0 Å². The molecule has 60 valence electrons. The predicted molar refractivity (Wildman–Crippen MR) is 46.0 cm³/mol. The lowest BCUT2D eigenvalue weighted by molar-refractivity contribution is 1.16. The molecular formula is C9H9N3. The van der Waals surface area contributed by atoms with Crippen LogP contribution in [0.15, 0.2) is 18.2 Å². The summed E-state index contributed by atoms with van der Waals surface area (Å²) in [5, 5.41) is 15.8. The summed E-state index contributed by atoms with van der Waals surface area (Å²) < 4.78 is 0. The van der Waals surface area contributed by atoms with Crippen molar-refractivity contribution < 1.29 is 0 Å². The summed E-state index contributed by atoms with van der Waals surface area (Å²) in [6.45, 7) is 1.86. The van der Waals surface area contributed by atoms with E-state index in [1.807, 2.05) is 25.1 Å². The van der Waals surface area contributed by atoms with E-state index in [9.17, 15) is 0 Å². The second-order valence-electron chi connectivity index (χ2n) is 2.48. The number of nitrogens with zero attached hydrogens (tertiary/aromatic N) is 2. The van der Waals surface area contributed by atoms with Crippen LogP contribution in [0.25, 0.3) is 0 Å². The summed E-state index contributed by atoms with van der Waals surface area (Å²) in [5.41, 5.74) is 1.74. The molecule has 3 nitrogen and oxygen atoms in total. The number of nitriles is 1. The summed E-state index contributed by atoms with van der Waals surface area (Å²) in [5.74, 6) is 0. The number of pyridine rings is 1. The Morgan fingerprint density at radius 1 is 1.67 bits per heavy atom. The molecule has 3 heteroatoms. The largest absolute Gasteiger partial charge is 0.302 e. The lowest BCUT2D eigenvalue weighted by Gasteiger charge is -1.98. The minimum absolute atomic E-state index is 0.121. The number of nitrogens with one attached hydrogen (secondary N) is 1. The molecular weight excluding hydrogens is 150 g/mol. The van der Waals surface area contributed by atoms with Crippen LogP contribution in [0.4, 0.5) is 0 Å². The molecule has 0 spiro atoms. The molecule has 0 fully saturated rings. The van der Waals surface area contributed by atoms with Crippen molar-refractivity contribution in [2.75, 3.05) is 0 Å². The highest BCUT2D eigenvalue weighted by Crippen LogP contribution is 2.00. The van der Waals surface area contributed by atoms with Gasteiger partial charge >= 0.3 is 0 Å². The van der Waals surface area contributed by atoms with E-state index in [0.29, 0.717) is 5.69 Å². The third-order valence-electron chi connectivity index (χ3n) is 1.45. The summed E-state index contributed by atoms with van der Waals surface area (Å²) >= 11 is 0. The Morgan fingerprint density at radius 2 is 2.42 bits per heavy atom. The third kappa shape index (κ3) is 1.89. The monoisotopic (exact) mass is 159 g/mol. The van der Waals surface area contributed by atoms with Crippen LogP contribution in [-0.4, -0.2) is 10.7 Å². The predicted octanol–water partition coefficient (Wildman–Crippen LogP) is 1.67. The molecule has 1 heterocycles. The zero-order chi connectivity index (χ0) is 8.97. The Labute approximate surface area is 71.2 Å². The lowest BCUT2D eigenvalue weighted by atomic mass is 10.2. The SMILES string of the molecule is Cc1cccc(C(=N)CC#N)n1. The van der Waals surface area contributed by atoms with E-state index in [0.717, 1.165) is 5.69 Å². The quantitative estimate of drug-likeness (QED) is 0.667. The molecule has 1 N–H and O–H groups in total. The molecule has 0 aliphatic carbocycles. The minimum Gasteiger partial charge on any atom is -0.302 e. The van der Waals surface area contributed by atoms with Crippen LogP contribution >= 0.6 is 0 Å². The Morgan fingerprint density at radius 3 is 3.00 bits per heavy atom. The Kier molecular flexibility index (Phi) is 2.54. The molecule has 1 aromatic rings. The van der Waals surface area contributed by atoms with Gasteiger partial charge in [-0.15, -0.1) is 0 Å². The molecule has 0 unspecified atom stereocenters. The molecule has 0 saturated carbocycles. The molecule has 0 saturated heterocycles. The Hall–Kier alpha value is -1.69. The normalized spacial score (nSPS) is 9.00. The summed E-state index contributed by atoms with van der Waals surface area (Å²) in [4.78, 5) is 4.12. The Balaban J connectivity index is 2.90. The van der Waals surface area contributed by atoms with Gasteiger partial charge in [0.2, 0.25) is 0 Å². The van der Waals surface area contributed by atoms with Crippen LogP contribution in [0.1, 0.15) is 17.8 Å². The average Bonchev–Trinajstić information content (AvgIpc) is 2.05. The Bertz CT molecular complexity index is 336. The van der Waals surface area contributed by atoms with Gasteiger partial charge in [-0.2, -0.15) is 5.26 Å². The fraction of sp³-hybridized carbons (Fsp3) is 0.222. The molecule has 0 aliphatic heterocycles. The smallest absolute Gasteiger partial charge is 0.0851 e. The van der Waals surface area contributed by atoms with Crippen LogP contribution in [0, 0.1) is 23.7 Å². The summed E-state index contributed by atoms with van der Waals surface area (Å²) in [6, 6.07) is 7.36. The highest BCUT2D eigenvalue weighted by atomic mass is 14.7. The van der Waals surface area contributed by atoms with Crippen molar-refractivity contribution in [2.45, 2.75) is 13.3 Å². The second-order valence-corrected chi connectivity index (χ2v) is 2.48. The van der Waals surface area contributed by atoms with Crippen LogP contribution in [0.3, 0.4) is 0 Å². The van der Waals surface area contributed by atoms with Gasteiger partial charge < -0.3 is 5.41 Å². The second kappa shape index (κ2) is 3.63. The van der Waals surface area contributed by atoms with Crippen LogP contribution in [0.2, 0.25) is 0 Å². The lowest BCUT2D eigenvalue weighted by Crippen LogP contribution is -2.01. The van der Waals surface area contributed by atoms with Crippen molar-refractivity contribution in [1.82, 2.24) is 4.98 Å². The molecule has 0 atom stereocenters. The molecule has 0 aromatic carbocycles. The van der Waals surface area contributed by atoms with Crippen LogP contribution in [-0.2, 0) is 0 Å². The zero-order valence-electron chi connectivity index (χ0n) is 6.83. The molecule has 0 amide bonds. The molecule has 0 aliphatic rings. The molecule has 0 radical (unpaired) electrons. The van der Waals surface area contributed by atoms with E-state index in [1.54, 1.807) is 6.07 Å². The number of hydrogen-bond acceptors (Lipinski definition) is 3. The van der Waals surface area contributed by atoms with Crippen molar-refractivity contribution in [2.24, 2.45) is 0 Å². The molecule has 1 aromatic heterocycles. The maximum absolute atomic E-state index is 8.35. The van der Waals surface area contributed by atoms with Crippen molar-refractivity contribution >= 4 is 5.71 Å². The third-order valence-corrected chi connectivity index (χ3v) is 1.45. The van der Waals surface area contributed by atoms with Gasteiger partial charge in [-0.05, 0) is 19.1 Å². The first-order valence-corrected chi connectivity index (χ1v) is 3.62. The van der Waals surface area contributed by atoms with Crippen LogP contribution in [0.5, 0.6) is 0 Å². The average molecular weight is 159 g/mol. The molecule has 1 rings (SSSR count). The highest BCUT2D eigenvalue weighted by Gasteiger charge is 2.00. The van der Waals surface area contributed by atoms with Crippen molar-refractivity contribution in [3.63, 3.8) is 0 Å². The number of rotatable bonds is 2. The first kappa shape index (κ1) is 8.41. The van der Waals surface area contributed by atoms with E-state index < -0.39 is 0 Å². The standard InChI is InChI=1S/C9H9N3/c1-7-3-2-4-9(12-7)8(11)5-6-10/h2-4,11H,5H2,1H3. The maximum atomic E-state index is 8.35. The molecule has 0 bridgehead atoms. The summed E-state index contributed by atoms with van der Waals surface area (Å²) in [7, 11) is 0. The van der Waals surface area contributed by atoms with E-state index in [2.05, 4.69) is 4.98 Å². The molecule has 12 heavy (non-hydrogen) atoms. The first-order valence-electron chi connectivity index (χ1n) is 3.62. The van der Waals surface area contributed by atoms with Gasteiger partial charge in [0, 0.05) is 5.69 Å². The van der Waals surface area contributed by atoms with Crippen molar-refractivity contribution in [3.05, 3.63) is 29.6 Å². The van der Waals surface area contributed by atoms with Gasteiger partial charge in [0.15, 0.2) is 0 Å². The number of hydrogen-bond donors (Lipinski definition) is 1. The van der Waals surface area contributed by atoms with E-state index in [-0.39, 0.29) is 12.1 Å². The first-order chi connectivity index (χ1) is 5.74. The van der Waals surface area contributed by atoms with Gasteiger partial charge in [0.1, 0.15) is 0 Å². The number of aromatic nitrogens is 1. The number of aryl methyl sites for hydroxylation is 1. The summed E-state index contributed by atoms with van der Waals surface area (Å²) in [6.07, 6.45) is 0.121. The fourth-order valence-corrected chi connectivity index (χ4v) is 0.881. The van der Waals surface area contributed by atoms with E-state index >= 15 is 0 Å². The van der Waals surface area contributed by atoms with E-state index in [1.165, 1.54) is 0 Å². The van der Waals surface area contributed by atoms with E-state index in [4.69, 9.17) is 10.7 Å². The van der Waals surface area contributed by atoms with Crippen LogP contribution < -0.4 is 0 Å². The van der Waals surface area contributed by atoms with Gasteiger partial charge in [0.05, 0.1) is 23.9 Å². The highest BCUT2D eigenvalue weighted by molar-refractivity contribution is 5.97. The minimum atomic E-state index is 0.121. The zero-order valence-corrected chi connectivity index (χ0v) is 6.83.